The van der Waals surface area contributed by atoms with E-state index in [1.165, 1.54) is 5.38 Å². The van der Waals surface area contributed by atoms with Gasteiger partial charge in [-0.2, -0.15) is 0 Å². The van der Waals surface area contributed by atoms with Gasteiger partial charge in [-0.3, -0.25) is 5.32 Å². The number of anilines is 1. The van der Waals surface area contributed by atoms with E-state index in [2.05, 4.69) is 5.32 Å². The van der Waals surface area contributed by atoms with Crippen LogP contribution in [0.1, 0.15) is 21.5 Å². The van der Waals surface area contributed by atoms with Gasteiger partial charge < -0.3 is 9.84 Å². The third-order valence-electron chi connectivity index (χ3n) is 2.70. The summed E-state index contributed by atoms with van der Waals surface area (Å²) in [6, 6.07) is 9.31. The number of hydrogen-bond acceptors (Lipinski definition) is 4. The molecule has 0 spiro atoms. The summed E-state index contributed by atoms with van der Waals surface area (Å²) < 4.78 is 5.07. The first-order chi connectivity index (χ1) is 9.58. The van der Waals surface area contributed by atoms with E-state index in [1.807, 2.05) is 30.3 Å². The highest BCUT2D eigenvalue weighted by Crippen LogP contribution is 2.27. The molecule has 20 heavy (non-hydrogen) atoms. The molecule has 1 heterocycles. The molecule has 2 N–H and O–H groups in total. The lowest BCUT2D eigenvalue weighted by Gasteiger charge is -2.06. The lowest BCUT2D eigenvalue weighted by atomic mass is 10.2. The van der Waals surface area contributed by atoms with Crippen LogP contribution in [0.2, 0.25) is 0 Å². The van der Waals surface area contributed by atoms with Gasteiger partial charge in [-0.15, -0.1) is 11.3 Å². The van der Waals surface area contributed by atoms with Crippen molar-refractivity contribution in [3.63, 3.8) is 0 Å². The predicted octanol–water partition coefficient (Wildman–Crippen LogP) is 3.50. The second kappa shape index (κ2) is 6.21. The van der Waals surface area contributed by atoms with E-state index in [0.717, 1.165) is 16.9 Å². The summed E-state index contributed by atoms with van der Waals surface area (Å²) in [7, 11) is 0. The first-order valence-corrected chi connectivity index (χ1v) is 6.75. The van der Waals surface area contributed by atoms with E-state index < -0.39 is 12.1 Å². The number of ether oxygens (including phenoxy) is 1. The van der Waals surface area contributed by atoms with Crippen molar-refractivity contribution in [2.75, 3.05) is 5.32 Å². The molecule has 0 aliphatic heterocycles. The maximum Gasteiger partial charge on any atom is 0.412 e. The molecule has 0 bridgehead atoms. The standard InChI is InChI=1S/C14H13NO4S/c1-9-11(13(16)17)8-20-12(9)15-14(18)19-7-10-5-3-2-4-6-10/h2-6,8H,7H2,1H3,(H,15,18)(H,16,17). The Morgan fingerprint density at radius 2 is 2.00 bits per heavy atom. The summed E-state index contributed by atoms with van der Waals surface area (Å²) in [5, 5.41) is 13.5. The van der Waals surface area contributed by atoms with Crippen molar-refractivity contribution in [3.8, 4) is 0 Å². The van der Waals surface area contributed by atoms with Crippen molar-refractivity contribution in [2.45, 2.75) is 13.5 Å². The molecular formula is C14H13NO4S. The van der Waals surface area contributed by atoms with Crippen LogP contribution >= 0.6 is 11.3 Å². The molecule has 104 valence electrons. The molecule has 1 amide bonds. The first kappa shape index (κ1) is 14.1. The van der Waals surface area contributed by atoms with Gasteiger partial charge in [0.15, 0.2) is 0 Å². The van der Waals surface area contributed by atoms with E-state index in [4.69, 9.17) is 9.84 Å². The Labute approximate surface area is 119 Å². The van der Waals surface area contributed by atoms with Crippen LogP contribution in [0.5, 0.6) is 0 Å². The Morgan fingerprint density at radius 3 is 2.60 bits per heavy atom. The Kier molecular flexibility index (Phi) is 4.37. The third-order valence-corrected chi connectivity index (χ3v) is 3.70. The van der Waals surface area contributed by atoms with Gasteiger partial charge in [0.1, 0.15) is 11.6 Å². The molecule has 0 aliphatic rings. The Hall–Kier alpha value is -2.34. The van der Waals surface area contributed by atoms with Crippen molar-refractivity contribution < 1.29 is 19.4 Å². The van der Waals surface area contributed by atoms with Gasteiger partial charge in [0.25, 0.3) is 0 Å². The number of carboxylic acids is 1. The minimum Gasteiger partial charge on any atom is -0.478 e. The normalized spacial score (nSPS) is 10.1. The molecule has 5 nitrogen and oxygen atoms in total. The molecule has 0 saturated heterocycles. The van der Waals surface area contributed by atoms with Crippen LogP contribution in [-0.2, 0) is 11.3 Å². The quantitative estimate of drug-likeness (QED) is 0.904. The summed E-state index contributed by atoms with van der Waals surface area (Å²) in [6.07, 6.45) is -0.601. The Balaban J connectivity index is 1.93. The Morgan fingerprint density at radius 1 is 1.30 bits per heavy atom. The molecule has 0 atom stereocenters. The van der Waals surface area contributed by atoms with Crippen molar-refractivity contribution in [1.82, 2.24) is 0 Å². The molecule has 0 fully saturated rings. The number of amides is 1. The maximum atomic E-state index is 11.6. The number of nitrogens with one attached hydrogen (secondary N) is 1. The van der Waals surface area contributed by atoms with E-state index in [9.17, 15) is 9.59 Å². The number of carboxylic acid groups (broad SMARTS) is 1. The molecule has 0 aliphatic carbocycles. The molecule has 2 aromatic rings. The molecule has 0 radical (unpaired) electrons. The number of carbonyl (C=O) groups is 2. The Bertz CT molecular complexity index is 621. The molecule has 1 aromatic heterocycles. The number of benzene rings is 1. The number of carbonyl (C=O) groups excluding carboxylic acids is 1. The zero-order chi connectivity index (χ0) is 14.5. The fraction of sp³-hybridized carbons (Fsp3) is 0.143. The van der Waals surface area contributed by atoms with Gasteiger partial charge >= 0.3 is 12.1 Å². The number of aromatic carboxylic acids is 1. The van der Waals surface area contributed by atoms with Crippen LogP contribution < -0.4 is 5.32 Å². The monoisotopic (exact) mass is 291 g/mol. The predicted molar refractivity (Wildman–Crippen MR) is 76.3 cm³/mol. The summed E-state index contributed by atoms with van der Waals surface area (Å²) in [4.78, 5) is 22.5. The van der Waals surface area contributed by atoms with Gasteiger partial charge in [-0.05, 0) is 18.1 Å². The van der Waals surface area contributed by atoms with Crippen LogP contribution in [0, 0.1) is 6.92 Å². The molecule has 0 saturated carbocycles. The molecule has 6 heteroatoms. The van der Waals surface area contributed by atoms with E-state index in [-0.39, 0.29) is 12.2 Å². The topological polar surface area (TPSA) is 75.6 Å². The summed E-state index contributed by atoms with van der Waals surface area (Å²) in [5.74, 6) is -1.01. The lowest BCUT2D eigenvalue weighted by molar-refractivity contribution is 0.0696. The number of rotatable bonds is 4. The fourth-order valence-corrected chi connectivity index (χ4v) is 2.55. The van der Waals surface area contributed by atoms with Gasteiger partial charge in [-0.1, -0.05) is 30.3 Å². The minimum atomic E-state index is -1.01. The second-order valence-electron chi connectivity index (χ2n) is 4.10. The fourth-order valence-electron chi connectivity index (χ4n) is 1.60. The highest BCUT2D eigenvalue weighted by atomic mass is 32.1. The van der Waals surface area contributed by atoms with Crippen LogP contribution in [0.15, 0.2) is 35.7 Å². The molecule has 1 aromatic carbocycles. The van der Waals surface area contributed by atoms with Crippen LogP contribution in [-0.4, -0.2) is 17.2 Å². The van der Waals surface area contributed by atoms with Gasteiger partial charge in [0, 0.05) is 5.38 Å². The molecule has 0 unspecified atom stereocenters. The van der Waals surface area contributed by atoms with Gasteiger partial charge in [0.05, 0.1) is 5.56 Å². The largest absolute Gasteiger partial charge is 0.478 e. The zero-order valence-corrected chi connectivity index (χ0v) is 11.6. The highest BCUT2D eigenvalue weighted by Gasteiger charge is 2.15. The summed E-state index contributed by atoms with van der Waals surface area (Å²) in [5.41, 5.74) is 1.60. The van der Waals surface area contributed by atoms with Crippen LogP contribution in [0.25, 0.3) is 0 Å². The number of hydrogen-bond donors (Lipinski definition) is 2. The third kappa shape index (κ3) is 3.36. The van der Waals surface area contributed by atoms with E-state index >= 15 is 0 Å². The van der Waals surface area contributed by atoms with Crippen molar-refractivity contribution in [3.05, 3.63) is 52.4 Å². The molecular weight excluding hydrogens is 278 g/mol. The second-order valence-corrected chi connectivity index (χ2v) is 4.98. The van der Waals surface area contributed by atoms with Crippen molar-refractivity contribution >= 4 is 28.4 Å². The van der Waals surface area contributed by atoms with Crippen LogP contribution in [0.4, 0.5) is 9.80 Å². The van der Waals surface area contributed by atoms with Crippen LogP contribution in [0.3, 0.4) is 0 Å². The lowest BCUT2D eigenvalue weighted by Crippen LogP contribution is -2.13. The number of thiophene rings is 1. The molecule has 2 rings (SSSR count). The minimum absolute atomic E-state index is 0.170. The smallest absolute Gasteiger partial charge is 0.412 e. The average Bonchev–Trinajstić information content (AvgIpc) is 2.79. The van der Waals surface area contributed by atoms with E-state index in [1.54, 1.807) is 6.92 Å². The SMILES string of the molecule is Cc1c(C(=O)O)csc1NC(=O)OCc1ccccc1. The van der Waals surface area contributed by atoms with E-state index in [0.29, 0.717) is 10.6 Å². The van der Waals surface area contributed by atoms with Crippen molar-refractivity contribution in [1.29, 1.82) is 0 Å². The average molecular weight is 291 g/mol. The zero-order valence-electron chi connectivity index (χ0n) is 10.8. The first-order valence-electron chi connectivity index (χ1n) is 5.87. The summed E-state index contributed by atoms with van der Waals surface area (Å²) >= 11 is 1.16. The maximum absolute atomic E-state index is 11.6. The summed E-state index contributed by atoms with van der Waals surface area (Å²) in [6.45, 7) is 1.82. The van der Waals surface area contributed by atoms with Crippen molar-refractivity contribution in [2.24, 2.45) is 0 Å². The van der Waals surface area contributed by atoms with Gasteiger partial charge in [-0.25, -0.2) is 9.59 Å². The van der Waals surface area contributed by atoms with Gasteiger partial charge in [0.2, 0.25) is 0 Å². The highest BCUT2D eigenvalue weighted by molar-refractivity contribution is 7.14.